The number of thioether (sulfide) groups is 2. The quantitative estimate of drug-likeness (QED) is 0.455. The highest BCUT2D eigenvalue weighted by Crippen LogP contribution is 2.29. The maximum absolute atomic E-state index is 6.33. The molecule has 2 rings (SSSR count). The van der Waals surface area contributed by atoms with Crippen molar-refractivity contribution in [1.29, 1.82) is 0 Å². The molecule has 0 saturated heterocycles. The van der Waals surface area contributed by atoms with Gasteiger partial charge in [0.2, 0.25) is 0 Å². The van der Waals surface area contributed by atoms with Crippen LogP contribution in [0.3, 0.4) is 0 Å². The first-order chi connectivity index (χ1) is 11.3. The summed E-state index contributed by atoms with van der Waals surface area (Å²) >= 11 is 10.0. The average Bonchev–Trinajstić information content (AvgIpc) is 2.95. The first-order valence-corrected chi connectivity index (χ1v) is 10.2. The minimum Gasteiger partial charge on any atom is -0.385 e. The standard InChI is InChI=1S/C16H22ClN3OS2/c1-3-22-11-12-23-16-19-18-15(20(16)9-6-10-21-2)13-7-4-5-8-14(13)17/h4-5,7-8H,3,6,9-12H2,1-2H3. The molecule has 23 heavy (non-hydrogen) atoms. The molecule has 0 amide bonds. The van der Waals surface area contributed by atoms with Gasteiger partial charge in [0.15, 0.2) is 11.0 Å². The highest BCUT2D eigenvalue weighted by molar-refractivity contribution is 8.02. The van der Waals surface area contributed by atoms with Gasteiger partial charge < -0.3 is 9.30 Å². The molecule has 1 heterocycles. The number of hydrogen-bond acceptors (Lipinski definition) is 5. The summed E-state index contributed by atoms with van der Waals surface area (Å²) in [6.45, 7) is 3.72. The number of ether oxygens (including phenoxy) is 1. The van der Waals surface area contributed by atoms with Crippen LogP contribution in [0.1, 0.15) is 13.3 Å². The zero-order valence-corrected chi connectivity index (χ0v) is 15.9. The number of rotatable bonds is 10. The summed E-state index contributed by atoms with van der Waals surface area (Å²) in [5, 5.41) is 10.4. The summed E-state index contributed by atoms with van der Waals surface area (Å²) in [5.41, 5.74) is 0.925. The van der Waals surface area contributed by atoms with Crippen molar-refractivity contribution < 1.29 is 4.74 Å². The van der Waals surface area contributed by atoms with Crippen molar-refractivity contribution in [2.45, 2.75) is 25.0 Å². The third-order valence-electron chi connectivity index (χ3n) is 3.22. The second-order valence-corrected chi connectivity index (χ2v) is 7.69. The summed E-state index contributed by atoms with van der Waals surface area (Å²) in [6.07, 6.45) is 0.920. The lowest BCUT2D eigenvalue weighted by molar-refractivity contribution is 0.189. The molecule has 0 fully saturated rings. The number of benzene rings is 1. The van der Waals surface area contributed by atoms with Gasteiger partial charge in [0.1, 0.15) is 0 Å². The Hall–Kier alpha value is -0.690. The third kappa shape index (κ3) is 5.41. The van der Waals surface area contributed by atoms with Gasteiger partial charge in [-0.1, -0.05) is 42.4 Å². The lowest BCUT2D eigenvalue weighted by atomic mass is 10.2. The van der Waals surface area contributed by atoms with Gasteiger partial charge in [-0.2, -0.15) is 11.8 Å². The van der Waals surface area contributed by atoms with Crippen LogP contribution in [-0.2, 0) is 11.3 Å². The van der Waals surface area contributed by atoms with Crippen LogP contribution < -0.4 is 0 Å². The Labute approximate surface area is 151 Å². The number of aromatic nitrogens is 3. The van der Waals surface area contributed by atoms with E-state index in [4.69, 9.17) is 16.3 Å². The molecule has 7 heteroatoms. The predicted molar refractivity (Wildman–Crippen MR) is 101 cm³/mol. The van der Waals surface area contributed by atoms with Gasteiger partial charge >= 0.3 is 0 Å². The van der Waals surface area contributed by atoms with Gasteiger partial charge in [-0.15, -0.1) is 10.2 Å². The van der Waals surface area contributed by atoms with E-state index in [-0.39, 0.29) is 0 Å². The number of methoxy groups -OCH3 is 1. The van der Waals surface area contributed by atoms with E-state index in [2.05, 4.69) is 21.7 Å². The fraction of sp³-hybridized carbons (Fsp3) is 0.500. The maximum atomic E-state index is 6.33. The first kappa shape index (κ1) is 18.6. The lowest BCUT2D eigenvalue weighted by Gasteiger charge is -2.10. The van der Waals surface area contributed by atoms with Crippen molar-refractivity contribution in [3.63, 3.8) is 0 Å². The van der Waals surface area contributed by atoms with Crippen molar-refractivity contribution in [2.24, 2.45) is 0 Å². The second-order valence-electron chi connectivity index (χ2n) is 4.83. The van der Waals surface area contributed by atoms with Gasteiger partial charge in [-0.3, -0.25) is 0 Å². The van der Waals surface area contributed by atoms with Crippen molar-refractivity contribution in [2.75, 3.05) is 31.0 Å². The molecular formula is C16H22ClN3OS2. The minimum absolute atomic E-state index is 0.700. The number of halogens is 1. The smallest absolute Gasteiger partial charge is 0.191 e. The fourth-order valence-corrected chi connectivity index (χ4v) is 4.07. The maximum Gasteiger partial charge on any atom is 0.191 e. The molecule has 0 aliphatic heterocycles. The van der Waals surface area contributed by atoms with Crippen LogP contribution in [0.15, 0.2) is 29.4 Å². The molecule has 1 aromatic carbocycles. The fourth-order valence-electron chi connectivity index (χ4n) is 2.14. The molecule has 4 nitrogen and oxygen atoms in total. The molecule has 1 aromatic heterocycles. The number of hydrogen-bond donors (Lipinski definition) is 0. The van der Waals surface area contributed by atoms with E-state index in [0.717, 1.165) is 53.4 Å². The zero-order chi connectivity index (χ0) is 16.5. The monoisotopic (exact) mass is 371 g/mol. The van der Waals surface area contributed by atoms with Gasteiger partial charge in [-0.25, -0.2) is 0 Å². The highest BCUT2D eigenvalue weighted by Gasteiger charge is 2.16. The first-order valence-electron chi connectivity index (χ1n) is 7.65. The topological polar surface area (TPSA) is 39.9 Å². The highest BCUT2D eigenvalue weighted by atomic mass is 35.5. The predicted octanol–water partition coefficient (Wildman–Crippen LogP) is 4.48. The Morgan fingerprint density at radius 3 is 2.78 bits per heavy atom. The third-order valence-corrected chi connectivity index (χ3v) is 5.68. The van der Waals surface area contributed by atoms with E-state index in [1.54, 1.807) is 18.9 Å². The molecule has 0 bridgehead atoms. The Bertz CT molecular complexity index is 607. The summed E-state index contributed by atoms with van der Waals surface area (Å²) in [6, 6.07) is 7.77. The van der Waals surface area contributed by atoms with E-state index in [1.165, 1.54) is 0 Å². The van der Waals surface area contributed by atoms with E-state index in [1.807, 2.05) is 36.0 Å². The Kier molecular flexibility index (Phi) is 8.30. The van der Waals surface area contributed by atoms with E-state index in [9.17, 15) is 0 Å². The van der Waals surface area contributed by atoms with E-state index in [0.29, 0.717) is 5.02 Å². The second kappa shape index (κ2) is 10.2. The van der Waals surface area contributed by atoms with Crippen LogP contribution in [0.25, 0.3) is 11.4 Å². The van der Waals surface area contributed by atoms with E-state index >= 15 is 0 Å². The molecule has 0 N–H and O–H groups in total. The normalized spacial score (nSPS) is 11.1. The van der Waals surface area contributed by atoms with Crippen LogP contribution in [-0.4, -0.2) is 45.7 Å². The van der Waals surface area contributed by atoms with Crippen LogP contribution in [0.2, 0.25) is 5.02 Å². The van der Waals surface area contributed by atoms with Gasteiger partial charge in [-0.05, 0) is 24.3 Å². The van der Waals surface area contributed by atoms with E-state index < -0.39 is 0 Å². The van der Waals surface area contributed by atoms with Gasteiger partial charge in [0, 0.05) is 37.3 Å². The number of nitrogens with zero attached hydrogens (tertiary/aromatic N) is 3. The molecule has 0 radical (unpaired) electrons. The summed E-state index contributed by atoms with van der Waals surface area (Å²) in [7, 11) is 1.72. The largest absolute Gasteiger partial charge is 0.385 e. The Morgan fingerprint density at radius 2 is 2.04 bits per heavy atom. The van der Waals surface area contributed by atoms with Crippen LogP contribution in [0, 0.1) is 0 Å². The molecular weight excluding hydrogens is 350 g/mol. The lowest BCUT2D eigenvalue weighted by Crippen LogP contribution is -2.06. The molecule has 2 aromatic rings. The van der Waals surface area contributed by atoms with Gasteiger partial charge in [0.25, 0.3) is 0 Å². The Balaban J connectivity index is 2.20. The molecule has 0 saturated carbocycles. The van der Waals surface area contributed by atoms with Crippen molar-refractivity contribution in [3.8, 4) is 11.4 Å². The van der Waals surface area contributed by atoms with Gasteiger partial charge in [0.05, 0.1) is 5.02 Å². The molecule has 0 aliphatic carbocycles. The molecule has 0 aliphatic rings. The summed E-state index contributed by atoms with van der Waals surface area (Å²) in [5.74, 6) is 4.13. The van der Waals surface area contributed by atoms with Crippen LogP contribution in [0.5, 0.6) is 0 Å². The van der Waals surface area contributed by atoms with Crippen molar-refractivity contribution in [3.05, 3.63) is 29.3 Å². The van der Waals surface area contributed by atoms with Crippen LogP contribution in [0.4, 0.5) is 0 Å². The minimum atomic E-state index is 0.700. The molecule has 0 atom stereocenters. The molecule has 0 unspecified atom stereocenters. The zero-order valence-electron chi connectivity index (χ0n) is 13.5. The van der Waals surface area contributed by atoms with Crippen molar-refractivity contribution >= 4 is 35.1 Å². The molecule has 0 spiro atoms. The SMILES string of the molecule is CCSCCSc1nnc(-c2ccccc2Cl)n1CCCOC. The average molecular weight is 372 g/mol. The summed E-state index contributed by atoms with van der Waals surface area (Å²) < 4.78 is 7.33. The van der Waals surface area contributed by atoms with Crippen molar-refractivity contribution in [1.82, 2.24) is 14.8 Å². The Morgan fingerprint density at radius 1 is 1.22 bits per heavy atom. The molecule has 126 valence electrons. The van der Waals surface area contributed by atoms with Crippen LogP contribution >= 0.6 is 35.1 Å². The summed E-state index contributed by atoms with van der Waals surface area (Å²) in [4.78, 5) is 0.